The molecular weight excluding hydrogens is 386 g/mol. The van der Waals surface area contributed by atoms with E-state index in [0.717, 1.165) is 15.1 Å². The number of aliphatic hydroxyl groups is 1. The Hall–Kier alpha value is -2.67. The van der Waals surface area contributed by atoms with Gasteiger partial charge >= 0.3 is 0 Å². The first-order valence-electron chi connectivity index (χ1n) is 7.52. The quantitative estimate of drug-likeness (QED) is 0.287. The molecule has 0 aliphatic heterocycles. The summed E-state index contributed by atoms with van der Waals surface area (Å²) >= 11 is 4.22. The fraction of sp³-hybridized carbons (Fsp3) is 0.0588. The van der Waals surface area contributed by atoms with Crippen molar-refractivity contribution in [2.45, 2.75) is 5.16 Å². The summed E-state index contributed by atoms with van der Waals surface area (Å²) in [7, 11) is 0. The maximum Gasteiger partial charge on any atom is 0.209 e. The Kier molecular flexibility index (Phi) is 4.71. The number of nitriles is 1. The number of aromatic nitrogens is 4. The zero-order valence-electron chi connectivity index (χ0n) is 13.2. The Morgan fingerprint density at radius 2 is 2.12 bits per heavy atom. The minimum absolute atomic E-state index is 0.0287. The second-order valence-electron chi connectivity index (χ2n) is 5.15. The van der Waals surface area contributed by atoms with Crippen LogP contribution in [0, 0.1) is 11.3 Å². The number of aliphatic hydroxyl groups excluding tert-OH is 1. The van der Waals surface area contributed by atoms with Crippen molar-refractivity contribution in [1.82, 2.24) is 20.2 Å². The zero-order chi connectivity index (χ0) is 17.9. The highest BCUT2D eigenvalue weighted by Crippen LogP contribution is 2.30. The van der Waals surface area contributed by atoms with Gasteiger partial charge in [-0.1, -0.05) is 30.0 Å². The van der Waals surface area contributed by atoms with E-state index < -0.39 is 0 Å². The number of nitrogens with one attached hydrogen (secondary N) is 1. The summed E-state index contributed by atoms with van der Waals surface area (Å²) in [5.41, 5.74) is 1.00. The molecule has 0 bridgehead atoms. The maximum atomic E-state index is 10.4. The molecule has 0 unspecified atom stereocenters. The van der Waals surface area contributed by atoms with E-state index in [1.807, 2.05) is 41.8 Å². The van der Waals surface area contributed by atoms with Crippen LogP contribution >= 0.6 is 34.4 Å². The molecule has 0 saturated heterocycles. The standard InChI is InChI=1S/C17H11N5OS3/c18-8-10(16-19-11-4-1-2-5-13(11)26-16)12(23)9-25-17-20-15(21-22-17)14-6-3-7-24-14/h1-7,23H,9H2,(H,20,21,22)/b12-10-. The van der Waals surface area contributed by atoms with Crippen LogP contribution in [0.5, 0.6) is 0 Å². The first kappa shape index (κ1) is 16.8. The molecule has 128 valence electrons. The number of aromatic amines is 1. The van der Waals surface area contributed by atoms with Crippen LogP contribution in [0.2, 0.25) is 0 Å². The second kappa shape index (κ2) is 7.29. The van der Waals surface area contributed by atoms with E-state index in [-0.39, 0.29) is 17.1 Å². The smallest absolute Gasteiger partial charge is 0.209 e. The van der Waals surface area contributed by atoms with Crippen molar-refractivity contribution in [3.05, 3.63) is 52.5 Å². The zero-order valence-corrected chi connectivity index (χ0v) is 15.7. The number of hydrogen-bond acceptors (Lipinski definition) is 8. The van der Waals surface area contributed by atoms with Gasteiger partial charge < -0.3 is 5.11 Å². The molecule has 3 heterocycles. The Labute approximate surface area is 160 Å². The lowest BCUT2D eigenvalue weighted by molar-refractivity contribution is 0.420. The van der Waals surface area contributed by atoms with Gasteiger partial charge in [-0.15, -0.1) is 27.8 Å². The van der Waals surface area contributed by atoms with Gasteiger partial charge in [0.1, 0.15) is 22.4 Å². The number of rotatable bonds is 5. The number of thiazole rings is 1. The molecule has 4 rings (SSSR count). The number of fused-ring (bicyclic) bond motifs is 1. The molecule has 0 aliphatic carbocycles. The molecule has 3 aromatic heterocycles. The van der Waals surface area contributed by atoms with Crippen LogP contribution in [0.1, 0.15) is 5.01 Å². The first-order chi connectivity index (χ1) is 12.7. The highest BCUT2D eigenvalue weighted by molar-refractivity contribution is 7.99. The fourth-order valence-electron chi connectivity index (χ4n) is 2.25. The van der Waals surface area contributed by atoms with Crippen LogP contribution in [-0.4, -0.2) is 31.0 Å². The predicted octanol–water partition coefficient (Wildman–Crippen LogP) is 4.73. The topological polar surface area (TPSA) is 98.5 Å². The largest absolute Gasteiger partial charge is 0.510 e. The van der Waals surface area contributed by atoms with E-state index in [2.05, 4.69) is 26.2 Å². The van der Waals surface area contributed by atoms with Crippen LogP contribution in [0.25, 0.3) is 26.5 Å². The number of para-hydroxylation sites is 1. The molecule has 0 saturated carbocycles. The van der Waals surface area contributed by atoms with Crippen molar-refractivity contribution < 1.29 is 5.11 Å². The van der Waals surface area contributed by atoms with Gasteiger partial charge in [-0.05, 0) is 23.6 Å². The van der Waals surface area contributed by atoms with Gasteiger partial charge in [-0.2, -0.15) is 5.26 Å². The molecule has 0 atom stereocenters. The Bertz CT molecular complexity index is 1090. The molecule has 26 heavy (non-hydrogen) atoms. The van der Waals surface area contributed by atoms with E-state index in [1.165, 1.54) is 23.1 Å². The third-order valence-corrected chi connectivity index (χ3v) is 6.25. The van der Waals surface area contributed by atoms with Crippen molar-refractivity contribution in [3.63, 3.8) is 0 Å². The third-order valence-electron chi connectivity index (χ3n) is 3.47. The summed E-state index contributed by atoms with van der Waals surface area (Å²) in [5, 5.41) is 29.9. The van der Waals surface area contributed by atoms with Gasteiger partial charge in [-0.3, -0.25) is 5.10 Å². The highest BCUT2D eigenvalue weighted by atomic mass is 32.2. The van der Waals surface area contributed by atoms with Crippen molar-refractivity contribution >= 4 is 50.2 Å². The van der Waals surface area contributed by atoms with Crippen molar-refractivity contribution in [3.8, 4) is 16.8 Å². The normalized spacial score (nSPS) is 12.1. The molecule has 0 amide bonds. The summed E-state index contributed by atoms with van der Waals surface area (Å²) in [5.74, 6) is 0.859. The van der Waals surface area contributed by atoms with E-state index in [4.69, 9.17) is 0 Å². The van der Waals surface area contributed by atoms with E-state index in [9.17, 15) is 10.4 Å². The molecule has 0 aliphatic rings. The predicted molar refractivity (Wildman–Crippen MR) is 105 cm³/mol. The molecule has 1 aromatic carbocycles. The average molecular weight is 398 g/mol. The van der Waals surface area contributed by atoms with Crippen molar-refractivity contribution in [1.29, 1.82) is 5.26 Å². The molecule has 0 radical (unpaired) electrons. The van der Waals surface area contributed by atoms with E-state index >= 15 is 0 Å². The van der Waals surface area contributed by atoms with Crippen LogP contribution in [-0.2, 0) is 0 Å². The van der Waals surface area contributed by atoms with Gasteiger partial charge in [0.05, 0.1) is 20.8 Å². The monoisotopic (exact) mass is 397 g/mol. The van der Waals surface area contributed by atoms with Gasteiger partial charge in [0, 0.05) is 0 Å². The highest BCUT2D eigenvalue weighted by Gasteiger charge is 2.15. The number of allylic oxidation sites excluding steroid dienone is 1. The molecule has 4 aromatic rings. The Balaban J connectivity index is 1.53. The molecular formula is C17H11N5OS3. The minimum Gasteiger partial charge on any atom is -0.510 e. The van der Waals surface area contributed by atoms with Gasteiger partial charge in [0.25, 0.3) is 0 Å². The lowest BCUT2D eigenvalue weighted by atomic mass is 10.2. The summed E-state index contributed by atoms with van der Waals surface area (Å²) in [6, 6.07) is 13.6. The van der Waals surface area contributed by atoms with Gasteiger partial charge in [0.2, 0.25) is 5.16 Å². The van der Waals surface area contributed by atoms with Crippen LogP contribution < -0.4 is 0 Å². The number of benzene rings is 1. The van der Waals surface area contributed by atoms with Crippen molar-refractivity contribution in [2.75, 3.05) is 5.75 Å². The first-order valence-corrected chi connectivity index (χ1v) is 10.2. The fourth-order valence-corrected chi connectivity index (χ4v) is 4.58. The second-order valence-corrected chi connectivity index (χ2v) is 8.07. The number of hydrogen-bond donors (Lipinski definition) is 2. The molecule has 0 fully saturated rings. The number of H-pyrrole nitrogens is 1. The SMILES string of the molecule is N#C/C(=C(/O)CSc1n[nH]c(-c2cccs2)n1)c1nc2ccccc2s1. The van der Waals surface area contributed by atoms with Crippen LogP contribution in [0.3, 0.4) is 0 Å². The van der Waals surface area contributed by atoms with Crippen LogP contribution in [0.15, 0.2) is 52.7 Å². The van der Waals surface area contributed by atoms with E-state index in [0.29, 0.717) is 16.0 Å². The summed E-state index contributed by atoms with van der Waals surface area (Å²) < 4.78 is 0.977. The average Bonchev–Trinajstić information content (AvgIpc) is 3.39. The summed E-state index contributed by atoms with van der Waals surface area (Å²) in [6.07, 6.45) is 0. The van der Waals surface area contributed by atoms with Gasteiger partial charge in [-0.25, -0.2) is 9.97 Å². The number of nitrogens with zero attached hydrogens (tertiary/aromatic N) is 4. The molecule has 9 heteroatoms. The van der Waals surface area contributed by atoms with Gasteiger partial charge in [0.15, 0.2) is 5.82 Å². The summed E-state index contributed by atoms with van der Waals surface area (Å²) in [4.78, 5) is 9.82. The Morgan fingerprint density at radius 1 is 1.23 bits per heavy atom. The minimum atomic E-state index is -0.0287. The lowest BCUT2D eigenvalue weighted by Gasteiger charge is -1.99. The summed E-state index contributed by atoms with van der Waals surface area (Å²) in [6.45, 7) is 0. The van der Waals surface area contributed by atoms with Crippen LogP contribution in [0.4, 0.5) is 0 Å². The molecule has 6 nitrogen and oxygen atoms in total. The number of thiophene rings is 1. The number of thioether (sulfide) groups is 1. The maximum absolute atomic E-state index is 10.4. The van der Waals surface area contributed by atoms with Crippen molar-refractivity contribution in [2.24, 2.45) is 0 Å². The third kappa shape index (κ3) is 3.35. The Morgan fingerprint density at radius 3 is 2.88 bits per heavy atom. The van der Waals surface area contributed by atoms with E-state index in [1.54, 1.807) is 11.3 Å². The lowest BCUT2D eigenvalue weighted by Crippen LogP contribution is -1.93. The molecule has 2 N–H and O–H groups in total. The molecule has 0 spiro atoms.